The van der Waals surface area contributed by atoms with Gasteiger partial charge in [0.1, 0.15) is 17.6 Å². The molecule has 0 fully saturated rings. The van der Waals surface area contributed by atoms with Gasteiger partial charge >= 0.3 is 0 Å². The smallest absolute Gasteiger partial charge is 0.126 e. The molecule has 0 saturated heterocycles. The maximum atomic E-state index is 5.96. The average molecular weight is 191 g/mol. The van der Waals surface area contributed by atoms with Gasteiger partial charge in [0.2, 0.25) is 0 Å². The second-order valence-corrected chi connectivity index (χ2v) is 3.15. The van der Waals surface area contributed by atoms with E-state index in [1.54, 1.807) is 6.20 Å². The number of nitrogens with zero attached hydrogens (tertiary/aromatic N) is 1. The minimum atomic E-state index is -0.252. The third-order valence-corrected chi connectivity index (χ3v) is 2.19. The van der Waals surface area contributed by atoms with Crippen LogP contribution < -0.4 is 5.73 Å². The Morgan fingerprint density at radius 2 is 2.36 bits per heavy atom. The topological polar surface area (TPSA) is 67.8 Å². The second kappa shape index (κ2) is 3.67. The lowest BCUT2D eigenvalue weighted by Crippen LogP contribution is -2.11. The number of rotatable bonds is 3. The molecule has 4 nitrogen and oxygen atoms in total. The lowest BCUT2D eigenvalue weighted by molar-refractivity contribution is 0.451. The van der Waals surface area contributed by atoms with Crippen LogP contribution in [0.4, 0.5) is 0 Å². The largest absolute Gasteiger partial charge is 0.464 e. The molecule has 0 amide bonds. The van der Waals surface area contributed by atoms with Gasteiger partial charge in [-0.3, -0.25) is 5.10 Å². The first kappa shape index (κ1) is 9.02. The van der Waals surface area contributed by atoms with Gasteiger partial charge in [-0.25, -0.2) is 0 Å². The summed E-state index contributed by atoms with van der Waals surface area (Å²) in [5.41, 5.74) is 6.83. The summed E-state index contributed by atoms with van der Waals surface area (Å²) < 4.78 is 5.55. The highest BCUT2D eigenvalue weighted by molar-refractivity contribution is 5.19. The second-order valence-electron chi connectivity index (χ2n) is 3.15. The van der Waals surface area contributed by atoms with E-state index >= 15 is 0 Å². The number of nitrogens with two attached hydrogens (primary N) is 1. The molecule has 2 heterocycles. The summed E-state index contributed by atoms with van der Waals surface area (Å²) in [7, 11) is 0. The Bertz CT molecular complexity index is 391. The first-order chi connectivity index (χ1) is 6.81. The molecule has 1 unspecified atom stereocenters. The fraction of sp³-hybridized carbons (Fsp3) is 0.300. The molecule has 74 valence electrons. The maximum Gasteiger partial charge on any atom is 0.126 e. The summed E-state index contributed by atoms with van der Waals surface area (Å²) in [6.07, 6.45) is 2.56. The van der Waals surface area contributed by atoms with Crippen LogP contribution in [-0.2, 0) is 6.42 Å². The normalized spacial score (nSPS) is 13.0. The molecule has 0 spiro atoms. The highest BCUT2D eigenvalue weighted by Gasteiger charge is 2.13. The van der Waals surface area contributed by atoms with Crippen LogP contribution in [0.1, 0.15) is 30.2 Å². The van der Waals surface area contributed by atoms with Crippen molar-refractivity contribution in [3.8, 4) is 0 Å². The van der Waals surface area contributed by atoms with E-state index in [1.165, 1.54) is 0 Å². The molecule has 2 rings (SSSR count). The zero-order valence-corrected chi connectivity index (χ0v) is 8.03. The summed E-state index contributed by atoms with van der Waals surface area (Å²) in [5, 5.41) is 6.68. The SMILES string of the molecule is CCc1ccc(C(N)c2ccn[nH]2)o1. The summed E-state index contributed by atoms with van der Waals surface area (Å²) in [5.74, 6) is 1.72. The van der Waals surface area contributed by atoms with Crippen molar-refractivity contribution in [1.29, 1.82) is 0 Å². The monoisotopic (exact) mass is 191 g/mol. The molecule has 2 aromatic heterocycles. The number of nitrogens with one attached hydrogen (secondary N) is 1. The number of furan rings is 1. The van der Waals surface area contributed by atoms with Crippen molar-refractivity contribution in [2.45, 2.75) is 19.4 Å². The molecule has 4 heteroatoms. The molecule has 2 aromatic rings. The molecule has 0 radical (unpaired) electrons. The van der Waals surface area contributed by atoms with Gasteiger partial charge in [0.05, 0.1) is 5.69 Å². The Hall–Kier alpha value is -1.55. The fourth-order valence-electron chi connectivity index (χ4n) is 1.34. The number of aromatic amines is 1. The molecular weight excluding hydrogens is 178 g/mol. The van der Waals surface area contributed by atoms with Crippen molar-refractivity contribution in [2.24, 2.45) is 5.73 Å². The highest BCUT2D eigenvalue weighted by atomic mass is 16.3. The Morgan fingerprint density at radius 3 is 2.93 bits per heavy atom. The molecule has 0 saturated carbocycles. The van der Waals surface area contributed by atoms with Gasteiger partial charge in [-0.15, -0.1) is 0 Å². The van der Waals surface area contributed by atoms with Crippen molar-refractivity contribution in [1.82, 2.24) is 10.2 Å². The minimum Gasteiger partial charge on any atom is -0.464 e. The van der Waals surface area contributed by atoms with Crippen molar-refractivity contribution < 1.29 is 4.42 Å². The number of H-pyrrole nitrogens is 1. The summed E-state index contributed by atoms with van der Waals surface area (Å²) >= 11 is 0. The van der Waals surface area contributed by atoms with E-state index in [1.807, 2.05) is 25.1 Å². The van der Waals surface area contributed by atoms with Gasteiger partial charge in [0.25, 0.3) is 0 Å². The van der Waals surface area contributed by atoms with Crippen molar-refractivity contribution in [2.75, 3.05) is 0 Å². The predicted octanol–water partition coefficient (Wildman–Crippen LogP) is 1.61. The molecule has 0 bridgehead atoms. The van der Waals surface area contributed by atoms with E-state index in [9.17, 15) is 0 Å². The Labute approximate surface area is 82.1 Å². The van der Waals surface area contributed by atoms with E-state index in [4.69, 9.17) is 10.2 Å². The number of hydrogen-bond donors (Lipinski definition) is 2. The van der Waals surface area contributed by atoms with E-state index in [2.05, 4.69) is 10.2 Å². The summed E-state index contributed by atoms with van der Waals surface area (Å²) in [6.45, 7) is 2.05. The number of hydrogen-bond acceptors (Lipinski definition) is 3. The Kier molecular flexibility index (Phi) is 2.37. The molecule has 0 aliphatic heterocycles. The van der Waals surface area contributed by atoms with Gasteiger partial charge in [0.15, 0.2) is 0 Å². The molecule has 0 aliphatic carbocycles. The van der Waals surface area contributed by atoms with Gasteiger partial charge in [-0.05, 0) is 18.2 Å². The van der Waals surface area contributed by atoms with Crippen LogP contribution in [0.3, 0.4) is 0 Å². The fourth-order valence-corrected chi connectivity index (χ4v) is 1.34. The molecule has 0 aliphatic rings. The Morgan fingerprint density at radius 1 is 1.50 bits per heavy atom. The summed E-state index contributed by atoms with van der Waals surface area (Å²) in [6, 6.07) is 5.45. The first-order valence-corrected chi connectivity index (χ1v) is 4.64. The number of aryl methyl sites for hydroxylation is 1. The highest BCUT2D eigenvalue weighted by Crippen LogP contribution is 2.19. The number of aromatic nitrogens is 2. The van der Waals surface area contributed by atoms with Crippen LogP contribution in [0.25, 0.3) is 0 Å². The average Bonchev–Trinajstić information content (AvgIpc) is 2.88. The van der Waals surface area contributed by atoms with Crippen LogP contribution in [-0.4, -0.2) is 10.2 Å². The molecule has 3 N–H and O–H groups in total. The van der Waals surface area contributed by atoms with E-state index in [0.717, 1.165) is 23.6 Å². The van der Waals surface area contributed by atoms with Crippen molar-refractivity contribution >= 4 is 0 Å². The standard InChI is InChI=1S/C10H13N3O/c1-2-7-3-4-9(14-7)10(11)8-5-6-12-13-8/h3-6,10H,2,11H2,1H3,(H,12,13). The lowest BCUT2D eigenvalue weighted by Gasteiger charge is -2.04. The van der Waals surface area contributed by atoms with Crippen LogP contribution in [0.2, 0.25) is 0 Å². The molecule has 14 heavy (non-hydrogen) atoms. The van der Waals surface area contributed by atoms with Gasteiger partial charge in [-0.1, -0.05) is 6.92 Å². The molecular formula is C10H13N3O. The quantitative estimate of drug-likeness (QED) is 0.774. The lowest BCUT2D eigenvalue weighted by atomic mass is 10.2. The third kappa shape index (κ3) is 1.56. The van der Waals surface area contributed by atoms with E-state index < -0.39 is 0 Å². The zero-order valence-electron chi connectivity index (χ0n) is 8.03. The van der Waals surface area contributed by atoms with Crippen LogP contribution in [0.5, 0.6) is 0 Å². The van der Waals surface area contributed by atoms with Gasteiger partial charge in [0, 0.05) is 12.6 Å². The van der Waals surface area contributed by atoms with Crippen LogP contribution in [0, 0.1) is 0 Å². The minimum absolute atomic E-state index is 0.252. The van der Waals surface area contributed by atoms with Gasteiger partial charge in [-0.2, -0.15) is 5.10 Å². The molecule has 0 aromatic carbocycles. The molecule has 1 atom stereocenters. The Balaban J connectivity index is 2.23. The predicted molar refractivity (Wildman–Crippen MR) is 52.7 cm³/mol. The van der Waals surface area contributed by atoms with Crippen molar-refractivity contribution in [3.63, 3.8) is 0 Å². The van der Waals surface area contributed by atoms with E-state index in [-0.39, 0.29) is 6.04 Å². The van der Waals surface area contributed by atoms with Gasteiger partial charge < -0.3 is 10.2 Å². The van der Waals surface area contributed by atoms with Crippen LogP contribution in [0.15, 0.2) is 28.8 Å². The van der Waals surface area contributed by atoms with Crippen molar-refractivity contribution in [3.05, 3.63) is 41.6 Å². The van der Waals surface area contributed by atoms with Crippen LogP contribution >= 0.6 is 0 Å². The summed E-state index contributed by atoms with van der Waals surface area (Å²) in [4.78, 5) is 0. The maximum absolute atomic E-state index is 5.96. The first-order valence-electron chi connectivity index (χ1n) is 4.64. The zero-order chi connectivity index (χ0) is 9.97. The third-order valence-electron chi connectivity index (χ3n) is 2.19. The van der Waals surface area contributed by atoms with E-state index in [0.29, 0.717) is 0 Å².